The van der Waals surface area contributed by atoms with E-state index in [0.29, 0.717) is 30.8 Å². The molecule has 0 bridgehead atoms. The zero-order chi connectivity index (χ0) is 24.2. The molecule has 1 aliphatic heterocycles. The van der Waals surface area contributed by atoms with Crippen LogP contribution in [0.4, 0.5) is 4.39 Å². The lowest BCUT2D eigenvalue weighted by atomic mass is 9.93. The van der Waals surface area contributed by atoms with Crippen LogP contribution < -0.4 is 0 Å². The first-order chi connectivity index (χ1) is 16.4. The largest absolute Gasteiger partial charge is 0.468 e. The summed E-state index contributed by atoms with van der Waals surface area (Å²) in [5.74, 6) is -0.812. The van der Waals surface area contributed by atoms with E-state index in [0.717, 1.165) is 18.4 Å². The minimum Gasteiger partial charge on any atom is -0.468 e. The molecule has 1 aromatic carbocycles. The van der Waals surface area contributed by atoms with Gasteiger partial charge in [-0.2, -0.15) is 0 Å². The van der Waals surface area contributed by atoms with Crippen molar-refractivity contribution in [3.63, 3.8) is 0 Å². The van der Waals surface area contributed by atoms with Crippen LogP contribution >= 0.6 is 11.8 Å². The number of nitrogens with zero attached hydrogens (tertiary/aromatic N) is 4. The van der Waals surface area contributed by atoms with Gasteiger partial charge in [0.05, 0.1) is 19.3 Å². The molecule has 0 spiro atoms. The van der Waals surface area contributed by atoms with Gasteiger partial charge in [-0.1, -0.05) is 35.2 Å². The number of rotatable bonds is 8. The van der Waals surface area contributed by atoms with Gasteiger partial charge in [0.1, 0.15) is 18.1 Å². The average Bonchev–Trinajstić information content (AvgIpc) is 3.57. The highest BCUT2D eigenvalue weighted by molar-refractivity contribution is 8.14. The minimum atomic E-state index is -0.671. The van der Waals surface area contributed by atoms with Gasteiger partial charge >= 0.3 is 5.97 Å². The van der Waals surface area contributed by atoms with Crippen LogP contribution in [0.1, 0.15) is 43.5 Å². The second-order valence-corrected chi connectivity index (χ2v) is 9.97. The summed E-state index contributed by atoms with van der Waals surface area (Å²) in [6, 6.07) is 5.77. The minimum absolute atomic E-state index is 0.00148. The maximum Gasteiger partial charge on any atom is 0.327 e. The van der Waals surface area contributed by atoms with Crippen LogP contribution in [-0.2, 0) is 25.7 Å². The third kappa shape index (κ3) is 5.79. The number of aromatic nitrogens is 3. The normalized spacial score (nSPS) is 20.8. The van der Waals surface area contributed by atoms with Gasteiger partial charge in [0.2, 0.25) is 0 Å². The zero-order valence-corrected chi connectivity index (χ0v) is 20.0. The first-order valence-corrected chi connectivity index (χ1v) is 12.1. The molecule has 2 atom stereocenters. The second kappa shape index (κ2) is 10.6. The van der Waals surface area contributed by atoms with Gasteiger partial charge in [-0.15, -0.1) is 5.10 Å². The van der Waals surface area contributed by atoms with E-state index in [2.05, 4.69) is 15.0 Å². The summed E-state index contributed by atoms with van der Waals surface area (Å²) < 4.78 is 20.8. The van der Waals surface area contributed by atoms with Crippen molar-refractivity contribution in [2.45, 2.75) is 44.0 Å². The molecular weight excluding hydrogens is 459 g/mol. The number of methoxy groups -OCH3 is 1. The van der Waals surface area contributed by atoms with Gasteiger partial charge in [0, 0.05) is 36.7 Å². The van der Waals surface area contributed by atoms with Crippen LogP contribution in [0.25, 0.3) is 6.08 Å². The molecule has 0 amide bonds. The highest BCUT2D eigenvalue weighted by Gasteiger charge is 2.41. The lowest BCUT2D eigenvalue weighted by Gasteiger charge is -2.38. The lowest BCUT2D eigenvalue weighted by molar-refractivity contribution is -0.141. The van der Waals surface area contributed by atoms with Gasteiger partial charge in [0.15, 0.2) is 10.9 Å². The molecule has 2 aliphatic rings. The topological polar surface area (TPSA) is 94.4 Å². The quantitative estimate of drug-likeness (QED) is 0.526. The fourth-order valence-electron chi connectivity index (χ4n) is 4.24. The molecular formula is C24H27FN4O4S. The predicted octanol–water partition coefficient (Wildman–Crippen LogP) is 3.05. The summed E-state index contributed by atoms with van der Waals surface area (Å²) in [6.45, 7) is 2.43. The van der Waals surface area contributed by atoms with Crippen LogP contribution in [0, 0.1) is 11.7 Å². The van der Waals surface area contributed by atoms with Crippen LogP contribution in [-0.4, -0.2) is 62.2 Å². The molecule has 2 fully saturated rings. The molecule has 10 heteroatoms. The molecule has 34 heavy (non-hydrogen) atoms. The van der Waals surface area contributed by atoms with E-state index in [9.17, 15) is 18.8 Å². The first-order valence-electron chi connectivity index (χ1n) is 11.2. The van der Waals surface area contributed by atoms with Crippen molar-refractivity contribution in [2.24, 2.45) is 5.92 Å². The highest BCUT2D eigenvalue weighted by Crippen LogP contribution is 2.40. The van der Waals surface area contributed by atoms with Gasteiger partial charge in [-0.25, -0.2) is 9.07 Å². The van der Waals surface area contributed by atoms with E-state index < -0.39 is 17.8 Å². The van der Waals surface area contributed by atoms with Gasteiger partial charge in [0.25, 0.3) is 0 Å². The number of ketones is 1. The fourth-order valence-corrected chi connectivity index (χ4v) is 5.16. The molecule has 180 valence electrons. The summed E-state index contributed by atoms with van der Waals surface area (Å²) >= 11 is 1.24. The molecule has 2 heterocycles. The standard InChI is InChI=1S/C24H27FN4O4S/c1-15(30)34-21-9-10-28(12-17(21)11-18-13-29(27-26-18)14-22(31)33-2)23(24(32)16-7-8-16)19-5-3-4-6-20(19)25/h3-6,11,13,16,21,23H,7-10,12,14H2,1-2H3. The van der Waals surface area contributed by atoms with Gasteiger partial charge in [-0.05, 0) is 37.0 Å². The molecule has 4 rings (SSSR count). The molecule has 0 radical (unpaired) electrons. The van der Waals surface area contributed by atoms with Gasteiger partial charge in [-0.3, -0.25) is 19.3 Å². The molecule has 1 saturated carbocycles. The Bertz CT molecular complexity index is 1110. The van der Waals surface area contributed by atoms with E-state index in [1.54, 1.807) is 24.4 Å². The van der Waals surface area contributed by atoms with Crippen molar-refractivity contribution in [2.75, 3.05) is 20.2 Å². The second-order valence-electron chi connectivity index (χ2n) is 8.59. The number of carbonyl (C=O) groups is 3. The molecule has 2 unspecified atom stereocenters. The highest BCUT2D eigenvalue weighted by atomic mass is 32.2. The monoisotopic (exact) mass is 486 g/mol. The molecule has 1 saturated heterocycles. The number of thioether (sulfide) groups is 1. The summed E-state index contributed by atoms with van der Waals surface area (Å²) in [5, 5.41) is 7.99. The molecule has 1 aromatic heterocycles. The Hall–Kier alpha value is -2.85. The Morgan fingerprint density at radius 1 is 1.26 bits per heavy atom. The number of benzene rings is 1. The Balaban J connectivity index is 1.63. The Kier molecular flexibility index (Phi) is 7.57. The van der Waals surface area contributed by atoms with E-state index in [1.165, 1.54) is 36.5 Å². The Morgan fingerprint density at radius 2 is 2.03 bits per heavy atom. The third-order valence-electron chi connectivity index (χ3n) is 6.01. The van der Waals surface area contributed by atoms with Crippen molar-refractivity contribution in [1.82, 2.24) is 19.9 Å². The lowest BCUT2D eigenvalue weighted by Crippen LogP contribution is -2.43. The summed E-state index contributed by atoms with van der Waals surface area (Å²) in [6.07, 6.45) is 5.78. The number of hydrogen-bond donors (Lipinski definition) is 0. The van der Waals surface area contributed by atoms with Crippen molar-refractivity contribution in [3.8, 4) is 0 Å². The molecule has 8 nitrogen and oxygen atoms in total. The van der Waals surface area contributed by atoms with Crippen LogP contribution in [0.5, 0.6) is 0 Å². The maximum absolute atomic E-state index is 14.8. The Labute approximate surface area is 201 Å². The number of likely N-dealkylation sites (tertiary alicyclic amines) is 1. The summed E-state index contributed by atoms with van der Waals surface area (Å²) in [5.41, 5.74) is 1.83. The zero-order valence-electron chi connectivity index (χ0n) is 19.1. The number of Topliss-reactive ketones (excluding diaryl/α,β-unsaturated/α-hetero) is 1. The van der Waals surface area contributed by atoms with Crippen molar-refractivity contribution in [1.29, 1.82) is 0 Å². The SMILES string of the molecule is COC(=O)Cn1cc(C=C2CN(C(C(=O)C3CC3)c3ccccc3F)CCC2SC(C)=O)nn1. The fraction of sp³-hybridized carbons (Fsp3) is 0.458. The van der Waals surface area contributed by atoms with Crippen molar-refractivity contribution in [3.05, 3.63) is 53.1 Å². The Morgan fingerprint density at radius 3 is 2.71 bits per heavy atom. The molecule has 2 aromatic rings. The molecule has 0 N–H and O–H groups in total. The van der Waals surface area contributed by atoms with Crippen molar-refractivity contribution < 1.29 is 23.5 Å². The van der Waals surface area contributed by atoms with E-state index in [1.807, 2.05) is 11.0 Å². The number of esters is 1. The van der Waals surface area contributed by atoms with Crippen LogP contribution in [0.3, 0.4) is 0 Å². The van der Waals surface area contributed by atoms with Crippen LogP contribution in [0.2, 0.25) is 0 Å². The maximum atomic E-state index is 14.8. The number of piperidine rings is 1. The number of hydrogen-bond acceptors (Lipinski definition) is 8. The third-order valence-corrected chi connectivity index (χ3v) is 7.16. The number of halogens is 1. The smallest absolute Gasteiger partial charge is 0.327 e. The van der Waals surface area contributed by atoms with Gasteiger partial charge < -0.3 is 4.74 Å². The van der Waals surface area contributed by atoms with E-state index in [-0.39, 0.29) is 28.6 Å². The number of carbonyl (C=O) groups excluding carboxylic acids is 3. The van der Waals surface area contributed by atoms with Crippen LogP contribution in [0.15, 0.2) is 36.0 Å². The summed E-state index contributed by atoms with van der Waals surface area (Å²) in [7, 11) is 1.30. The van der Waals surface area contributed by atoms with Crippen molar-refractivity contribution >= 4 is 34.7 Å². The number of ether oxygens (including phenoxy) is 1. The van der Waals surface area contributed by atoms with E-state index in [4.69, 9.17) is 0 Å². The predicted molar refractivity (Wildman–Crippen MR) is 125 cm³/mol. The first kappa shape index (κ1) is 24.3. The molecule has 1 aliphatic carbocycles. The average molecular weight is 487 g/mol. The van der Waals surface area contributed by atoms with E-state index >= 15 is 0 Å². The summed E-state index contributed by atoms with van der Waals surface area (Å²) in [4.78, 5) is 38.7.